The van der Waals surface area contributed by atoms with Crippen molar-refractivity contribution in [1.82, 2.24) is 14.8 Å². The van der Waals surface area contributed by atoms with E-state index in [0.29, 0.717) is 11.6 Å². The first-order chi connectivity index (χ1) is 9.96. The fourth-order valence-electron chi connectivity index (χ4n) is 2.51. The van der Waals surface area contributed by atoms with Gasteiger partial charge in [-0.05, 0) is 31.0 Å². The number of methoxy groups -OCH3 is 1. The molecule has 110 valence electrons. The minimum absolute atomic E-state index is 0.119. The van der Waals surface area contributed by atoms with Crippen LogP contribution in [0.25, 0.3) is 11.4 Å². The number of aromatic carboxylic acids is 1. The van der Waals surface area contributed by atoms with Crippen LogP contribution in [0, 0.1) is 0 Å². The minimum Gasteiger partial charge on any atom is -0.496 e. The molecule has 21 heavy (non-hydrogen) atoms. The van der Waals surface area contributed by atoms with Gasteiger partial charge in [-0.15, -0.1) is 10.2 Å². The molecule has 1 N–H and O–H groups in total. The van der Waals surface area contributed by atoms with Gasteiger partial charge in [0, 0.05) is 12.5 Å². The molecular weight excluding hydrogens is 270 g/mol. The summed E-state index contributed by atoms with van der Waals surface area (Å²) in [5, 5.41) is 17.6. The Morgan fingerprint density at radius 3 is 2.67 bits per heavy atom. The maximum absolute atomic E-state index is 11.0. The Kier molecular flexibility index (Phi) is 2.97. The van der Waals surface area contributed by atoms with E-state index in [-0.39, 0.29) is 11.0 Å². The third-order valence-corrected chi connectivity index (χ3v) is 4.10. The van der Waals surface area contributed by atoms with Crippen LogP contribution in [-0.4, -0.2) is 33.0 Å². The molecule has 1 aromatic carbocycles. The number of nitrogens with zero attached hydrogens (tertiary/aromatic N) is 3. The summed E-state index contributed by atoms with van der Waals surface area (Å²) in [4.78, 5) is 11.0. The number of rotatable bonds is 4. The zero-order valence-corrected chi connectivity index (χ0v) is 12.3. The van der Waals surface area contributed by atoms with Crippen LogP contribution < -0.4 is 4.74 Å². The molecule has 0 bridgehead atoms. The van der Waals surface area contributed by atoms with Crippen molar-refractivity contribution < 1.29 is 14.6 Å². The largest absolute Gasteiger partial charge is 0.496 e. The van der Waals surface area contributed by atoms with Gasteiger partial charge in [0.05, 0.1) is 18.2 Å². The van der Waals surface area contributed by atoms with E-state index in [1.54, 1.807) is 12.1 Å². The quantitative estimate of drug-likeness (QED) is 0.933. The normalized spacial score (nSPS) is 15.8. The minimum atomic E-state index is -0.982. The fraction of sp³-hybridized carbons (Fsp3) is 0.400. The van der Waals surface area contributed by atoms with Crippen LogP contribution in [0.5, 0.6) is 5.75 Å². The second-order valence-electron chi connectivity index (χ2n) is 5.69. The summed E-state index contributed by atoms with van der Waals surface area (Å²) < 4.78 is 7.28. The number of ether oxygens (including phenoxy) is 1. The average Bonchev–Trinajstić information content (AvgIpc) is 3.09. The first kappa shape index (κ1) is 13.6. The highest BCUT2D eigenvalue weighted by atomic mass is 16.5. The number of carboxylic acid groups (broad SMARTS) is 1. The van der Waals surface area contributed by atoms with Crippen LogP contribution in [0.3, 0.4) is 0 Å². The Hall–Kier alpha value is -2.37. The third kappa shape index (κ3) is 2.16. The van der Waals surface area contributed by atoms with Gasteiger partial charge in [0.25, 0.3) is 0 Å². The van der Waals surface area contributed by atoms with Gasteiger partial charge in [0.2, 0.25) is 0 Å². The molecule has 0 aliphatic heterocycles. The predicted molar refractivity (Wildman–Crippen MR) is 76.5 cm³/mol. The number of aromatic nitrogens is 3. The molecule has 3 rings (SSSR count). The third-order valence-electron chi connectivity index (χ3n) is 4.10. The molecule has 1 aliphatic rings. The first-order valence-electron chi connectivity index (χ1n) is 6.78. The number of carbonyl (C=O) groups is 1. The molecule has 1 aliphatic carbocycles. The van der Waals surface area contributed by atoms with Gasteiger partial charge in [0.15, 0.2) is 5.82 Å². The van der Waals surface area contributed by atoms with E-state index in [1.807, 2.05) is 11.6 Å². The second-order valence-corrected chi connectivity index (χ2v) is 5.69. The van der Waals surface area contributed by atoms with Crippen molar-refractivity contribution in [3.8, 4) is 17.1 Å². The van der Waals surface area contributed by atoms with Crippen molar-refractivity contribution >= 4 is 5.97 Å². The van der Waals surface area contributed by atoms with E-state index >= 15 is 0 Å². The number of hydrogen-bond donors (Lipinski definition) is 1. The van der Waals surface area contributed by atoms with Gasteiger partial charge in [-0.2, -0.15) is 0 Å². The van der Waals surface area contributed by atoms with E-state index in [1.165, 1.54) is 13.2 Å². The lowest BCUT2D eigenvalue weighted by molar-refractivity contribution is 0.0696. The summed E-state index contributed by atoms with van der Waals surface area (Å²) in [5.74, 6) is 1.15. The van der Waals surface area contributed by atoms with Crippen molar-refractivity contribution in [1.29, 1.82) is 0 Å². The maximum Gasteiger partial charge on any atom is 0.335 e. The van der Waals surface area contributed by atoms with Gasteiger partial charge in [-0.3, -0.25) is 0 Å². The highest BCUT2D eigenvalue weighted by Gasteiger charge is 2.43. The standard InChI is InChI=1S/C15H17N3O3/c1-15(6-7-15)14-17-16-12(18(14)2)10-5-4-9(13(19)20)8-11(10)21-3/h4-5,8H,6-7H2,1-3H3,(H,19,20). The van der Waals surface area contributed by atoms with Gasteiger partial charge in [0.1, 0.15) is 11.6 Å². The van der Waals surface area contributed by atoms with E-state index in [9.17, 15) is 4.79 Å². The summed E-state index contributed by atoms with van der Waals surface area (Å²) in [6.07, 6.45) is 2.24. The van der Waals surface area contributed by atoms with Crippen LogP contribution >= 0.6 is 0 Å². The van der Waals surface area contributed by atoms with Crippen LogP contribution in [-0.2, 0) is 12.5 Å². The smallest absolute Gasteiger partial charge is 0.335 e. The Balaban J connectivity index is 2.08. The zero-order valence-electron chi connectivity index (χ0n) is 12.3. The van der Waals surface area contributed by atoms with E-state index in [0.717, 1.165) is 24.2 Å². The molecule has 1 aromatic heterocycles. The number of hydrogen-bond acceptors (Lipinski definition) is 4. The molecule has 0 saturated heterocycles. The van der Waals surface area contributed by atoms with Crippen LogP contribution in [0.15, 0.2) is 18.2 Å². The molecule has 1 heterocycles. The van der Waals surface area contributed by atoms with Gasteiger partial charge < -0.3 is 14.4 Å². The molecule has 6 heteroatoms. The molecule has 0 amide bonds. The van der Waals surface area contributed by atoms with Crippen molar-refractivity contribution in [2.45, 2.75) is 25.2 Å². The Labute approximate surface area is 122 Å². The van der Waals surface area contributed by atoms with Gasteiger partial charge in [-0.1, -0.05) is 6.92 Å². The molecule has 0 spiro atoms. The summed E-state index contributed by atoms with van der Waals surface area (Å²) in [7, 11) is 3.45. The maximum atomic E-state index is 11.0. The first-order valence-corrected chi connectivity index (χ1v) is 6.78. The lowest BCUT2D eigenvalue weighted by Crippen LogP contribution is -2.09. The van der Waals surface area contributed by atoms with Crippen molar-refractivity contribution in [3.63, 3.8) is 0 Å². The molecule has 1 fully saturated rings. The summed E-state index contributed by atoms with van der Waals surface area (Å²) in [6, 6.07) is 4.77. The molecule has 0 atom stereocenters. The van der Waals surface area contributed by atoms with Crippen LogP contribution in [0.4, 0.5) is 0 Å². The molecule has 0 radical (unpaired) electrons. The number of benzene rings is 1. The highest BCUT2D eigenvalue weighted by Crippen LogP contribution is 2.47. The SMILES string of the molecule is COc1cc(C(=O)O)ccc1-c1nnc(C2(C)CC2)n1C. The molecule has 2 aromatic rings. The van der Waals surface area contributed by atoms with E-state index < -0.39 is 5.97 Å². The molecule has 1 saturated carbocycles. The predicted octanol–water partition coefficient (Wildman–Crippen LogP) is 2.24. The Bertz CT molecular complexity index is 717. The average molecular weight is 287 g/mol. The van der Waals surface area contributed by atoms with Crippen molar-refractivity contribution in [3.05, 3.63) is 29.6 Å². The van der Waals surface area contributed by atoms with Crippen LogP contribution in [0.1, 0.15) is 35.9 Å². The van der Waals surface area contributed by atoms with Crippen molar-refractivity contribution in [2.24, 2.45) is 7.05 Å². The second kappa shape index (κ2) is 4.58. The molecular formula is C15H17N3O3. The molecule has 0 unspecified atom stereocenters. The van der Waals surface area contributed by atoms with Gasteiger partial charge in [-0.25, -0.2) is 4.79 Å². The van der Waals surface area contributed by atoms with Crippen LogP contribution in [0.2, 0.25) is 0 Å². The topological polar surface area (TPSA) is 77.2 Å². The fourth-order valence-corrected chi connectivity index (χ4v) is 2.51. The van der Waals surface area contributed by atoms with E-state index in [4.69, 9.17) is 9.84 Å². The Morgan fingerprint density at radius 2 is 2.10 bits per heavy atom. The summed E-state index contributed by atoms with van der Waals surface area (Å²) in [5.41, 5.74) is 1.05. The highest BCUT2D eigenvalue weighted by molar-refractivity contribution is 5.89. The zero-order chi connectivity index (χ0) is 15.2. The van der Waals surface area contributed by atoms with Gasteiger partial charge >= 0.3 is 5.97 Å². The summed E-state index contributed by atoms with van der Waals surface area (Å²) >= 11 is 0. The lowest BCUT2D eigenvalue weighted by atomic mass is 10.1. The summed E-state index contributed by atoms with van der Waals surface area (Å²) in [6.45, 7) is 2.17. The molecule has 6 nitrogen and oxygen atoms in total. The monoisotopic (exact) mass is 287 g/mol. The van der Waals surface area contributed by atoms with Crippen molar-refractivity contribution in [2.75, 3.05) is 7.11 Å². The number of carboxylic acids is 1. The lowest BCUT2D eigenvalue weighted by Gasteiger charge is -2.11. The Morgan fingerprint density at radius 1 is 1.38 bits per heavy atom. The van der Waals surface area contributed by atoms with E-state index in [2.05, 4.69) is 17.1 Å².